The van der Waals surface area contributed by atoms with Crippen LogP contribution >= 0.6 is 23.8 Å². The van der Waals surface area contributed by atoms with Gasteiger partial charge in [0.2, 0.25) is 0 Å². The van der Waals surface area contributed by atoms with Gasteiger partial charge in [-0.3, -0.25) is 4.98 Å². The van der Waals surface area contributed by atoms with Crippen molar-refractivity contribution < 1.29 is 4.74 Å². The highest BCUT2D eigenvalue weighted by Crippen LogP contribution is 2.42. The van der Waals surface area contributed by atoms with Crippen LogP contribution in [-0.4, -0.2) is 38.8 Å². The van der Waals surface area contributed by atoms with Crippen LogP contribution < -0.4 is 5.32 Å². The lowest BCUT2D eigenvalue weighted by Crippen LogP contribution is -2.36. The number of rotatable bonds is 5. The van der Waals surface area contributed by atoms with Gasteiger partial charge in [-0.05, 0) is 86.9 Å². The number of hydrogen-bond acceptors (Lipinski definition) is 3. The molecule has 0 aliphatic carbocycles. The van der Waals surface area contributed by atoms with Crippen LogP contribution in [0.15, 0.2) is 54.7 Å². The molecule has 0 bridgehead atoms. The third kappa shape index (κ3) is 3.91. The van der Waals surface area contributed by atoms with Crippen molar-refractivity contribution >= 4 is 28.9 Å². The first-order chi connectivity index (χ1) is 15.5. The molecule has 0 unspecified atom stereocenters. The van der Waals surface area contributed by atoms with Crippen LogP contribution in [-0.2, 0) is 4.74 Å². The Balaban J connectivity index is 1.58. The first kappa shape index (κ1) is 21.4. The van der Waals surface area contributed by atoms with E-state index in [1.165, 1.54) is 17.0 Å². The number of nitrogens with zero attached hydrogens (tertiary/aromatic N) is 3. The zero-order valence-corrected chi connectivity index (χ0v) is 19.9. The summed E-state index contributed by atoms with van der Waals surface area (Å²) in [5.41, 5.74) is 5.71. The SMILES string of the molecule is Cc1cc([C@@H]2[C@H](c3ccccn3)NC(=S)N2C[C@@H]2CCCO2)c(C)n1-c1ccc(Cl)cc1. The summed E-state index contributed by atoms with van der Waals surface area (Å²) in [4.78, 5) is 6.97. The fourth-order valence-electron chi connectivity index (χ4n) is 5.02. The summed E-state index contributed by atoms with van der Waals surface area (Å²) in [5.74, 6) is 0. The molecule has 2 saturated heterocycles. The summed E-state index contributed by atoms with van der Waals surface area (Å²) >= 11 is 12.0. The molecule has 2 fully saturated rings. The summed E-state index contributed by atoms with van der Waals surface area (Å²) in [6.07, 6.45) is 4.23. The lowest BCUT2D eigenvalue weighted by molar-refractivity contribution is 0.0842. The molecular formula is C25H27ClN4OS. The maximum atomic E-state index is 6.13. The van der Waals surface area contributed by atoms with Crippen LogP contribution in [0.2, 0.25) is 5.02 Å². The molecule has 3 atom stereocenters. The standard InChI is InChI=1S/C25H27ClN4OS/c1-16-14-21(17(2)30(16)19-10-8-18(26)9-11-19)24-23(22-7-3-4-12-27-22)28-25(32)29(24)15-20-6-5-13-31-20/h3-4,7-12,14,20,23-24H,5-6,13,15H2,1-2H3,(H,28,32)/t20-,23-,24+/m0/s1. The van der Waals surface area contributed by atoms with Crippen molar-refractivity contribution in [2.45, 2.75) is 44.9 Å². The number of halogens is 1. The van der Waals surface area contributed by atoms with Crippen molar-refractivity contribution in [3.63, 3.8) is 0 Å². The number of hydrogen-bond donors (Lipinski definition) is 1. The Morgan fingerprint density at radius 1 is 1.19 bits per heavy atom. The van der Waals surface area contributed by atoms with E-state index in [0.717, 1.165) is 47.5 Å². The molecule has 1 aromatic carbocycles. The van der Waals surface area contributed by atoms with Gasteiger partial charge in [0.15, 0.2) is 5.11 Å². The van der Waals surface area contributed by atoms with Gasteiger partial charge in [0.05, 0.1) is 23.9 Å². The zero-order chi connectivity index (χ0) is 22.2. The molecule has 1 N–H and O–H groups in total. The molecule has 0 amide bonds. The van der Waals surface area contributed by atoms with Crippen molar-refractivity contribution in [1.82, 2.24) is 19.8 Å². The largest absolute Gasteiger partial charge is 0.376 e. The molecular weight excluding hydrogens is 440 g/mol. The quantitative estimate of drug-likeness (QED) is 0.517. The Hall–Kier alpha value is -2.41. The second-order valence-corrected chi connectivity index (χ2v) is 9.38. The van der Waals surface area contributed by atoms with Crippen molar-refractivity contribution in [3.05, 3.63) is 82.4 Å². The van der Waals surface area contributed by atoms with Gasteiger partial charge in [0.25, 0.3) is 0 Å². The molecule has 0 spiro atoms. The Morgan fingerprint density at radius 2 is 2.00 bits per heavy atom. The van der Waals surface area contributed by atoms with Crippen molar-refractivity contribution in [2.24, 2.45) is 0 Å². The third-order valence-corrected chi connectivity index (χ3v) is 7.10. The summed E-state index contributed by atoms with van der Waals surface area (Å²) in [6.45, 7) is 5.94. The Morgan fingerprint density at radius 3 is 2.69 bits per heavy atom. The van der Waals surface area contributed by atoms with Gasteiger partial charge in [0.1, 0.15) is 0 Å². The van der Waals surface area contributed by atoms with E-state index in [1.54, 1.807) is 0 Å². The smallest absolute Gasteiger partial charge is 0.170 e. The van der Waals surface area contributed by atoms with Gasteiger partial charge in [0, 0.05) is 41.4 Å². The molecule has 7 heteroatoms. The molecule has 3 aromatic rings. The van der Waals surface area contributed by atoms with E-state index in [9.17, 15) is 0 Å². The van der Waals surface area contributed by atoms with Gasteiger partial charge < -0.3 is 19.5 Å². The number of aromatic nitrogens is 2. The van der Waals surface area contributed by atoms with Crippen molar-refractivity contribution in [1.29, 1.82) is 0 Å². The van der Waals surface area contributed by atoms with Crippen LogP contribution in [0.1, 0.15) is 47.6 Å². The maximum Gasteiger partial charge on any atom is 0.170 e. The average molecular weight is 467 g/mol. The molecule has 166 valence electrons. The fraction of sp³-hybridized carbons (Fsp3) is 0.360. The maximum absolute atomic E-state index is 6.13. The van der Waals surface area contributed by atoms with Crippen LogP contribution in [0.3, 0.4) is 0 Å². The van der Waals surface area contributed by atoms with Gasteiger partial charge in [-0.1, -0.05) is 17.7 Å². The van der Waals surface area contributed by atoms with Gasteiger partial charge in [-0.25, -0.2) is 0 Å². The Kier molecular flexibility index (Phi) is 5.93. The zero-order valence-electron chi connectivity index (χ0n) is 18.3. The minimum atomic E-state index is -0.0238. The second kappa shape index (κ2) is 8.85. The average Bonchev–Trinajstić information content (AvgIpc) is 3.49. The first-order valence-corrected chi connectivity index (χ1v) is 11.9. The topological polar surface area (TPSA) is 42.3 Å². The monoisotopic (exact) mass is 466 g/mol. The van der Waals surface area contributed by atoms with E-state index >= 15 is 0 Å². The minimum absolute atomic E-state index is 0.0238. The van der Waals surface area contributed by atoms with E-state index in [4.69, 9.17) is 28.6 Å². The highest BCUT2D eigenvalue weighted by Gasteiger charge is 2.42. The van der Waals surface area contributed by atoms with Crippen LogP contribution in [0.4, 0.5) is 0 Å². The van der Waals surface area contributed by atoms with E-state index in [1.807, 2.05) is 30.5 Å². The molecule has 5 nitrogen and oxygen atoms in total. The predicted molar refractivity (Wildman–Crippen MR) is 131 cm³/mol. The molecule has 0 saturated carbocycles. The molecule has 0 radical (unpaired) electrons. The second-order valence-electron chi connectivity index (χ2n) is 8.55. The number of thiocarbonyl (C=S) groups is 1. The van der Waals surface area contributed by atoms with E-state index in [0.29, 0.717) is 0 Å². The number of pyridine rings is 1. The number of nitrogens with one attached hydrogen (secondary N) is 1. The minimum Gasteiger partial charge on any atom is -0.376 e. The summed E-state index contributed by atoms with van der Waals surface area (Å²) in [5, 5.41) is 5.06. The van der Waals surface area contributed by atoms with Crippen LogP contribution in [0, 0.1) is 13.8 Å². The lowest BCUT2D eigenvalue weighted by Gasteiger charge is -2.30. The Labute approximate surface area is 199 Å². The summed E-state index contributed by atoms with van der Waals surface area (Å²) in [6, 6.07) is 16.3. The normalized spacial score (nSPS) is 23.0. The predicted octanol–water partition coefficient (Wildman–Crippen LogP) is 5.29. The number of ether oxygens (including phenoxy) is 1. The fourth-order valence-corrected chi connectivity index (χ4v) is 5.46. The van der Waals surface area contributed by atoms with Crippen molar-refractivity contribution in [3.8, 4) is 5.69 Å². The van der Waals surface area contributed by atoms with Crippen LogP contribution in [0.25, 0.3) is 5.69 Å². The first-order valence-electron chi connectivity index (χ1n) is 11.1. The van der Waals surface area contributed by atoms with E-state index in [-0.39, 0.29) is 18.2 Å². The molecule has 2 aromatic heterocycles. The molecule has 5 rings (SSSR count). The van der Waals surface area contributed by atoms with E-state index in [2.05, 4.69) is 57.9 Å². The highest BCUT2D eigenvalue weighted by molar-refractivity contribution is 7.80. The van der Waals surface area contributed by atoms with Gasteiger partial charge >= 0.3 is 0 Å². The van der Waals surface area contributed by atoms with Crippen LogP contribution in [0.5, 0.6) is 0 Å². The van der Waals surface area contributed by atoms with E-state index < -0.39 is 0 Å². The van der Waals surface area contributed by atoms with Crippen molar-refractivity contribution in [2.75, 3.05) is 13.2 Å². The third-order valence-electron chi connectivity index (χ3n) is 6.50. The molecule has 4 heterocycles. The number of aryl methyl sites for hydroxylation is 1. The number of benzene rings is 1. The summed E-state index contributed by atoms with van der Waals surface area (Å²) in [7, 11) is 0. The van der Waals surface area contributed by atoms with Gasteiger partial charge in [-0.2, -0.15) is 0 Å². The molecule has 32 heavy (non-hydrogen) atoms. The summed E-state index contributed by atoms with van der Waals surface area (Å²) < 4.78 is 8.25. The van der Waals surface area contributed by atoms with Gasteiger partial charge in [-0.15, -0.1) is 0 Å². The molecule has 2 aliphatic heterocycles. The lowest BCUT2D eigenvalue weighted by atomic mass is 9.96. The highest BCUT2D eigenvalue weighted by atomic mass is 35.5. The molecule has 2 aliphatic rings. The Bertz CT molecular complexity index is 1110.